The molecule has 1 fully saturated rings. The predicted octanol–water partition coefficient (Wildman–Crippen LogP) is 0.119. The second-order valence-corrected chi connectivity index (χ2v) is 3.63. The molecule has 0 saturated carbocycles. The number of nitrogens with two attached hydrogens (primary N) is 1. The summed E-state index contributed by atoms with van der Waals surface area (Å²) in [5.74, 6) is -0.253. The molecule has 74 valence electrons. The third-order valence-corrected chi connectivity index (χ3v) is 2.43. The Kier molecular flexibility index (Phi) is 3.03. The molecule has 0 spiro atoms. The van der Waals surface area contributed by atoms with Crippen molar-refractivity contribution < 1.29 is 9.59 Å². The van der Waals surface area contributed by atoms with Crippen LogP contribution < -0.4 is 5.73 Å². The van der Waals surface area contributed by atoms with Crippen molar-refractivity contribution >= 4 is 11.8 Å². The van der Waals surface area contributed by atoms with Crippen molar-refractivity contribution in [2.24, 2.45) is 11.7 Å². The van der Waals surface area contributed by atoms with Crippen molar-refractivity contribution in [3.05, 3.63) is 0 Å². The molecule has 1 heterocycles. The SMILES string of the molecule is CC1CC(=O)N(C(C)CCN)C1=O. The average molecular weight is 184 g/mol. The van der Waals surface area contributed by atoms with Crippen LogP contribution in [0, 0.1) is 5.92 Å². The first-order valence-electron chi connectivity index (χ1n) is 4.64. The summed E-state index contributed by atoms with van der Waals surface area (Å²) in [6.45, 7) is 4.16. The molecular weight excluding hydrogens is 168 g/mol. The predicted molar refractivity (Wildman–Crippen MR) is 48.8 cm³/mol. The Balaban J connectivity index is 2.68. The quantitative estimate of drug-likeness (QED) is 0.633. The summed E-state index contributed by atoms with van der Waals surface area (Å²) < 4.78 is 0. The minimum absolute atomic E-state index is 0.0463. The molecule has 1 aliphatic heterocycles. The van der Waals surface area contributed by atoms with Crippen molar-refractivity contribution in [2.45, 2.75) is 32.7 Å². The van der Waals surface area contributed by atoms with Crippen LogP contribution in [-0.4, -0.2) is 29.3 Å². The van der Waals surface area contributed by atoms with Crippen LogP contribution >= 0.6 is 0 Å². The zero-order chi connectivity index (χ0) is 10.0. The van der Waals surface area contributed by atoms with Gasteiger partial charge in [0, 0.05) is 18.4 Å². The zero-order valence-corrected chi connectivity index (χ0v) is 8.12. The molecular formula is C9H16N2O2. The van der Waals surface area contributed by atoms with E-state index in [2.05, 4.69) is 0 Å². The van der Waals surface area contributed by atoms with Gasteiger partial charge in [-0.25, -0.2) is 0 Å². The van der Waals surface area contributed by atoms with E-state index in [-0.39, 0.29) is 23.8 Å². The van der Waals surface area contributed by atoms with E-state index in [4.69, 9.17) is 5.73 Å². The van der Waals surface area contributed by atoms with E-state index in [9.17, 15) is 9.59 Å². The van der Waals surface area contributed by atoms with Gasteiger partial charge in [0.2, 0.25) is 11.8 Å². The van der Waals surface area contributed by atoms with Gasteiger partial charge in [0.25, 0.3) is 0 Å². The molecule has 0 bridgehead atoms. The number of amides is 2. The fraction of sp³-hybridized carbons (Fsp3) is 0.778. The normalized spacial score (nSPS) is 25.5. The molecule has 0 aliphatic carbocycles. The number of nitrogens with zero attached hydrogens (tertiary/aromatic N) is 1. The Bertz CT molecular complexity index is 228. The summed E-state index contributed by atoms with van der Waals surface area (Å²) in [5.41, 5.74) is 5.37. The maximum atomic E-state index is 11.5. The van der Waals surface area contributed by atoms with Gasteiger partial charge in [0.15, 0.2) is 0 Å². The average Bonchev–Trinajstić information content (AvgIpc) is 2.27. The first-order valence-corrected chi connectivity index (χ1v) is 4.64. The maximum Gasteiger partial charge on any atom is 0.232 e. The topological polar surface area (TPSA) is 63.4 Å². The smallest absolute Gasteiger partial charge is 0.232 e. The second-order valence-electron chi connectivity index (χ2n) is 3.63. The van der Waals surface area contributed by atoms with Gasteiger partial charge in [-0.3, -0.25) is 14.5 Å². The van der Waals surface area contributed by atoms with Gasteiger partial charge in [0.1, 0.15) is 0 Å². The lowest BCUT2D eigenvalue weighted by molar-refractivity contribution is -0.141. The summed E-state index contributed by atoms with van der Waals surface area (Å²) in [4.78, 5) is 24.2. The Morgan fingerprint density at radius 3 is 2.62 bits per heavy atom. The van der Waals surface area contributed by atoms with E-state index >= 15 is 0 Å². The van der Waals surface area contributed by atoms with Gasteiger partial charge in [-0.15, -0.1) is 0 Å². The Morgan fingerprint density at radius 1 is 1.62 bits per heavy atom. The molecule has 4 heteroatoms. The van der Waals surface area contributed by atoms with Crippen LogP contribution in [0.4, 0.5) is 0 Å². The third-order valence-electron chi connectivity index (χ3n) is 2.43. The van der Waals surface area contributed by atoms with Crippen molar-refractivity contribution in [1.29, 1.82) is 0 Å². The van der Waals surface area contributed by atoms with Crippen LogP contribution in [0.5, 0.6) is 0 Å². The highest BCUT2D eigenvalue weighted by atomic mass is 16.2. The number of hydrogen-bond donors (Lipinski definition) is 1. The first-order chi connectivity index (χ1) is 6.07. The van der Waals surface area contributed by atoms with E-state index in [0.717, 1.165) is 0 Å². The fourth-order valence-electron chi connectivity index (χ4n) is 1.64. The van der Waals surface area contributed by atoms with Gasteiger partial charge < -0.3 is 5.73 Å². The summed E-state index contributed by atoms with van der Waals surface area (Å²) in [5, 5.41) is 0. The Morgan fingerprint density at radius 2 is 2.23 bits per heavy atom. The summed E-state index contributed by atoms with van der Waals surface area (Å²) in [6, 6.07) is -0.0463. The van der Waals surface area contributed by atoms with Crippen molar-refractivity contribution in [3.8, 4) is 0 Å². The molecule has 1 saturated heterocycles. The minimum atomic E-state index is -0.146. The van der Waals surface area contributed by atoms with Crippen LogP contribution in [0.2, 0.25) is 0 Å². The van der Waals surface area contributed by atoms with Crippen LogP contribution in [0.1, 0.15) is 26.7 Å². The number of rotatable bonds is 3. The van der Waals surface area contributed by atoms with Gasteiger partial charge >= 0.3 is 0 Å². The van der Waals surface area contributed by atoms with E-state index < -0.39 is 0 Å². The summed E-state index contributed by atoms with van der Waals surface area (Å²) >= 11 is 0. The standard InChI is InChI=1S/C9H16N2O2/c1-6-5-8(12)11(9(6)13)7(2)3-4-10/h6-7H,3-5,10H2,1-2H3. The molecule has 1 rings (SSSR count). The van der Waals surface area contributed by atoms with Gasteiger partial charge in [-0.05, 0) is 19.9 Å². The molecule has 2 N–H and O–H groups in total. The number of likely N-dealkylation sites (tertiary alicyclic amines) is 1. The second kappa shape index (κ2) is 3.87. The van der Waals surface area contributed by atoms with E-state index in [1.165, 1.54) is 4.90 Å². The molecule has 2 atom stereocenters. The van der Waals surface area contributed by atoms with Crippen LogP contribution in [0.15, 0.2) is 0 Å². The van der Waals surface area contributed by atoms with Gasteiger partial charge in [0.05, 0.1) is 0 Å². The minimum Gasteiger partial charge on any atom is -0.330 e. The van der Waals surface area contributed by atoms with Crippen molar-refractivity contribution in [3.63, 3.8) is 0 Å². The number of carbonyl (C=O) groups is 2. The summed E-state index contributed by atoms with van der Waals surface area (Å²) in [6.07, 6.45) is 1.04. The zero-order valence-electron chi connectivity index (χ0n) is 8.12. The molecule has 0 aromatic rings. The lowest BCUT2D eigenvalue weighted by Gasteiger charge is -2.21. The lowest BCUT2D eigenvalue weighted by atomic mass is 10.1. The molecule has 0 aromatic heterocycles. The fourth-order valence-corrected chi connectivity index (χ4v) is 1.64. The number of hydrogen-bond acceptors (Lipinski definition) is 3. The largest absolute Gasteiger partial charge is 0.330 e. The summed E-state index contributed by atoms with van der Waals surface area (Å²) in [7, 11) is 0. The molecule has 2 unspecified atom stereocenters. The molecule has 13 heavy (non-hydrogen) atoms. The monoisotopic (exact) mass is 184 g/mol. The first kappa shape index (κ1) is 10.2. The van der Waals surface area contributed by atoms with Crippen LogP contribution in [0.3, 0.4) is 0 Å². The van der Waals surface area contributed by atoms with Gasteiger partial charge in [-0.1, -0.05) is 6.92 Å². The maximum absolute atomic E-state index is 11.5. The van der Waals surface area contributed by atoms with Crippen LogP contribution in [-0.2, 0) is 9.59 Å². The van der Waals surface area contributed by atoms with E-state index in [1.54, 1.807) is 6.92 Å². The van der Waals surface area contributed by atoms with Gasteiger partial charge in [-0.2, -0.15) is 0 Å². The number of imide groups is 1. The third kappa shape index (κ3) is 1.88. The van der Waals surface area contributed by atoms with Crippen LogP contribution in [0.25, 0.3) is 0 Å². The Labute approximate surface area is 78.1 Å². The van der Waals surface area contributed by atoms with Crippen molar-refractivity contribution in [1.82, 2.24) is 4.90 Å². The molecule has 1 aliphatic rings. The van der Waals surface area contributed by atoms with E-state index in [1.807, 2.05) is 6.92 Å². The molecule has 2 amide bonds. The Hall–Kier alpha value is -0.900. The number of carbonyl (C=O) groups excluding carboxylic acids is 2. The lowest BCUT2D eigenvalue weighted by Crippen LogP contribution is -2.39. The van der Waals surface area contributed by atoms with E-state index in [0.29, 0.717) is 19.4 Å². The van der Waals surface area contributed by atoms with Crippen molar-refractivity contribution in [2.75, 3.05) is 6.54 Å². The molecule has 0 radical (unpaired) electrons. The highest BCUT2D eigenvalue weighted by Gasteiger charge is 2.37. The highest BCUT2D eigenvalue weighted by molar-refractivity contribution is 6.03. The molecule has 4 nitrogen and oxygen atoms in total. The molecule has 0 aromatic carbocycles. The highest BCUT2D eigenvalue weighted by Crippen LogP contribution is 2.21.